The molecule has 0 saturated heterocycles. The van der Waals surface area contributed by atoms with Gasteiger partial charge in [-0.1, -0.05) is 13.0 Å². The molecule has 0 unspecified atom stereocenters. The van der Waals surface area contributed by atoms with Gasteiger partial charge in [-0.2, -0.15) is 4.39 Å². The highest BCUT2D eigenvalue weighted by Gasteiger charge is 2.21. The van der Waals surface area contributed by atoms with Crippen molar-refractivity contribution in [3.63, 3.8) is 0 Å². The maximum Gasteiger partial charge on any atom is 0.332 e. The second kappa shape index (κ2) is 14.0. The molecule has 1 N–H and O–H groups in total. The number of nitrogens with one attached hydrogen (secondary N) is 1. The lowest BCUT2D eigenvalue weighted by Gasteiger charge is -2.22. The molecule has 5 aromatic rings. The second-order valence-corrected chi connectivity index (χ2v) is 10.3. The first-order valence-corrected chi connectivity index (χ1v) is 14.6. The first kappa shape index (κ1) is 31.2. The van der Waals surface area contributed by atoms with Crippen LogP contribution in [0.5, 0.6) is 0 Å². The molecule has 45 heavy (non-hydrogen) atoms. The zero-order valence-electron chi connectivity index (χ0n) is 25.0. The van der Waals surface area contributed by atoms with Crippen molar-refractivity contribution < 1.29 is 13.9 Å². The molecule has 0 radical (unpaired) electrons. The number of carbonyl (C=O) groups excluding carboxylic acids is 1. The molecule has 5 rings (SSSR count). The van der Waals surface area contributed by atoms with E-state index in [0.717, 1.165) is 12.3 Å². The van der Waals surface area contributed by atoms with E-state index in [9.17, 15) is 23.6 Å². The quantitative estimate of drug-likeness (QED) is 0.157. The summed E-state index contributed by atoms with van der Waals surface area (Å²) in [6.45, 7) is 3.49. The zero-order valence-corrected chi connectivity index (χ0v) is 25.0. The Labute approximate surface area is 256 Å². The molecule has 0 aromatic carbocycles. The van der Waals surface area contributed by atoms with Gasteiger partial charge in [0, 0.05) is 70.1 Å². The number of fused-ring (bicyclic) bond motifs is 1. The van der Waals surface area contributed by atoms with Crippen molar-refractivity contribution in [3.8, 4) is 11.4 Å². The number of aromatic nitrogens is 7. The van der Waals surface area contributed by atoms with Gasteiger partial charge in [0.15, 0.2) is 5.65 Å². The van der Waals surface area contributed by atoms with Gasteiger partial charge in [0.1, 0.15) is 17.2 Å². The van der Waals surface area contributed by atoms with Gasteiger partial charge >= 0.3 is 5.69 Å². The number of aryl methyl sites for hydroxylation is 2. The Bertz CT molecular complexity index is 1960. The van der Waals surface area contributed by atoms with E-state index in [-0.39, 0.29) is 35.4 Å². The van der Waals surface area contributed by atoms with Crippen LogP contribution in [0.4, 0.5) is 10.2 Å². The number of halogens is 1. The van der Waals surface area contributed by atoms with E-state index in [1.54, 1.807) is 42.1 Å². The monoisotopic (exact) mass is 616 g/mol. The van der Waals surface area contributed by atoms with Crippen LogP contribution in [0, 0.1) is 5.95 Å². The van der Waals surface area contributed by atoms with Crippen molar-refractivity contribution in [3.05, 3.63) is 104 Å². The van der Waals surface area contributed by atoms with Gasteiger partial charge in [-0.3, -0.25) is 28.4 Å². The molecule has 1 amide bonds. The van der Waals surface area contributed by atoms with Crippen LogP contribution in [-0.2, 0) is 24.4 Å². The molecule has 5 aromatic heterocycles. The van der Waals surface area contributed by atoms with Gasteiger partial charge in [-0.25, -0.2) is 19.7 Å². The lowest BCUT2D eigenvalue weighted by atomic mass is 10.2. The van der Waals surface area contributed by atoms with Gasteiger partial charge in [-0.05, 0) is 49.6 Å². The SMILES string of the molecule is CCCn1c(=O)c2[nH]c(-c3ccc(N(CCCn4ccccc4=O)C(=O)c4ccc(F)nc4)nc3)nc2n(CCCOC)c1=O. The van der Waals surface area contributed by atoms with Crippen LogP contribution in [0.3, 0.4) is 0 Å². The zero-order chi connectivity index (χ0) is 31.9. The minimum atomic E-state index is -0.708. The fourth-order valence-electron chi connectivity index (χ4n) is 5.00. The number of ether oxygens (including phenoxy) is 1. The van der Waals surface area contributed by atoms with Gasteiger partial charge in [0.05, 0.1) is 5.56 Å². The molecule has 0 aliphatic carbocycles. The number of imidazole rings is 1. The molecule has 0 fully saturated rings. The van der Waals surface area contributed by atoms with Crippen molar-refractivity contribution in [2.45, 2.75) is 45.8 Å². The van der Waals surface area contributed by atoms with E-state index in [4.69, 9.17) is 4.74 Å². The van der Waals surface area contributed by atoms with Crippen LogP contribution in [0.1, 0.15) is 36.5 Å². The molecule has 0 saturated carbocycles. The Kier molecular flexibility index (Phi) is 9.73. The fraction of sp³-hybridized carbons (Fsp3) is 0.323. The van der Waals surface area contributed by atoms with Crippen LogP contribution in [0.15, 0.2) is 75.4 Å². The number of methoxy groups -OCH3 is 1. The second-order valence-electron chi connectivity index (χ2n) is 10.3. The lowest BCUT2D eigenvalue weighted by Crippen LogP contribution is -2.40. The largest absolute Gasteiger partial charge is 0.385 e. The Morgan fingerprint density at radius 2 is 1.82 bits per heavy atom. The molecule has 0 spiro atoms. The third-order valence-corrected chi connectivity index (χ3v) is 7.24. The van der Waals surface area contributed by atoms with Gasteiger partial charge in [0.25, 0.3) is 11.5 Å². The topological polar surface area (TPSA) is 150 Å². The molecular formula is C31H33FN8O5. The smallest absolute Gasteiger partial charge is 0.332 e. The highest BCUT2D eigenvalue weighted by molar-refractivity contribution is 6.05. The Morgan fingerprint density at radius 1 is 0.978 bits per heavy atom. The maximum atomic E-state index is 13.5. The van der Waals surface area contributed by atoms with Gasteiger partial charge in [0.2, 0.25) is 11.5 Å². The van der Waals surface area contributed by atoms with Crippen molar-refractivity contribution in [2.75, 3.05) is 25.2 Å². The maximum absolute atomic E-state index is 13.5. The van der Waals surface area contributed by atoms with Crippen molar-refractivity contribution >= 4 is 22.9 Å². The number of rotatable bonds is 13. The predicted octanol–water partition coefficient (Wildman–Crippen LogP) is 2.83. The van der Waals surface area contributed by atoms with Crippen molar-refractivity contribution in [2.24, 2.45) is 0 Å². The number of anilines is 1. The number of nitrogens with zero attached hydrogens (tertiary/aromatic N) is 7. The Hall–Kier alpha value is -5.24. The molecule has 14 heteroatoms. The number of hydrogen-bond acceptors (Lipinski definition) is 8. The summed E-state index contributed by atoms with van der Waals surface area (Å²) in [4.78, 5) is 69.2. The fourth-order valence-corrected chi connectivity index (χ4v) is 5.00. The summed E-state index contributed by atoms with van der Waals surface area (Å²) < 4.78 is 22.8. The van der Waals surface area contributed by atoms with Crippen LogP contribution in [0.25, 0.3) is 22.6 Å². The number of amides is 1. The molecule has 0 atom stereocenters. The minimum Gasteiger partial charge on any atom is -0.385 e. The molecule has 0 aliphatic heterocycles. The van der Waals surface area contributed by atoms with Gasteiger partial charge < -0.3 is 14.3 Å². The Morgan fingerprint density at radius 3 is 2.51 bits per heavy atom. The van der Waals surface area contributed by atoms with E-state index in [1.165, 1.54) is 32.4 Å². The van der Waals surface area contributed by atoms with Crippen molar-refractivity contribution in [1.82, 2.24) is 33.6 Å². The minimum absolute atomic E-state index is 0.156. The third-order valence-electron chi connectivity index (χ3n) is 7.24. The highest BCUT2D eigenvalue weighted by Crippen LogP contribution is 2.22. The summed E-state index contributed by atoms with van der Waals surface area (Å²) in [5.74, 6) is -0.505. The summed E-state index contributed by atoms with van der Waals surface area (Å²) in [7, 11) is 1.58. The summed E-state index contributed by atoms with van der Waals surface area (Å²) in [6.07, 6.45) is 5.94. The van der Waals surface area contributed by atoms with E-state index in [0.29, 0.717) is 56.2 Å². The molecule has 0 bridgehead atoms. The molecule has 0 aliphatic rings. The summed E-state index contributed by atoms with van der Waals surface area (Å²) >= 11 is 0. The van der Waals surface area contributed by atoms with Gasteiger partial charge in [-0.15, -0.1) is 0 Å². The predicted molar refractivity (Wildman–Crippen MR) is 166 cm³/mol. The van der Waals surface area contributed by atoms with E-state index in [2.05, 4.69) is 19.9 Å². The van der Waals surface area contributed by atoms with Crippen LogP contribution in [-0.4, -0.2) is 59.8 Å². The van der Waals surface area contributed by atoms with E-state index < -0.39 is 23.1 Å². The average Bonchev–Trinajstić information content (AvgIpc) is 3.50. The number of carbonyl (C=O) groups is 1. The van der Waals surface area contributed by atoms with E-state index >= 15 is 0 Å². The number of H-pyrrole nitrogens is 1. The summed E-state index contributed by atoms with van der Waals surface area (Å²) in [6, 6.07) is 10.7. The van der Waals surface area contributed by atoms with Crippen LogP contribution in [0.2, 0.25) is 0 Å². The Balaban J connectivity index is 1.47. The van der Waals surface area contributed by atoms with E-state index in [1.807, 2.05) is 6.92 Å². The first-order chi connectivity index (χ1) is 21.8. The van der Waals surface area contributed by atoms with Crippen LogP contribution >= 0.6 is 0 Å². The first-order valence-electron chi connectivity index (χ1n) is 14.6. The third kappa shape index (κ3) is 6.80. The molecular weight excluding hydrogens is 583 g/mol. The standard InChI is InChI=1S/C31H33FN8O5/c1-3-13-40-30(43)26-28(39(31(40)44)17-7-18-45-2)36-27(35-26)21-10-12-24(34-19-21)38(29(42)22-9-11-23(32)33-20-22)16-6-15-37-14-5-4-8-25(37)41/h4-5,8-12,14,19-20H,3,6-7,13,15-18H2,1-2H3,(H,35,36). The molecule has 234 valence electrons. The summed E-state index contributed by atoms with van der Waals surface area (Å²) in [5.41, 5.74) is 0.104. The number of aromatic amines is 1. The lowest BCUT2D eigenvalue weighted by molar-refractivity contribution is 0.0985. The normalized spacial score (nSPS) is 11.3. The summed E-state index contributed by atoms with van der Waals surface area (Å²) in [5, 5.41) is 0. The number of pyridine rings is 3. The van der Waals surface area contributed by atoms with Crippen LogP contribution < -0.4 is 21.7 Å². The van der Waals surface area contributed by atoms with Crippen molar-refractivity contribution in [1.29, 1.82) is 0 Å². The molecule has 5 heterocycles. The highest BCUT2D eigenvalue weighted by atomic mass is 19.1. The average molecular weight is 617 g/mol. The number of hydrogen-bond donors (Lipinski definition) is 1. The molecule has 13 nitrogen and oxygen atoms in total.